The Morgan fingerprint density at radius 3 is 2.57 bits per heavy atom. The summed E-state index contributed by atoms with van der Waals surface area (Å²) in [6, 6.07) is 2.10. The van der Waals surface area contributed by atoms with Crippen molar-refractivity contribution in [1.82, 2.24) is 15.1 Å². The van der Waals surface area contributed by atoms with Crippen molar-refractivity contribution >= 4 is 16.9 Å². The number of amidine groups is 1. The number of aliphatic imine (C=N–C) groups is 1. The number of rotatable bonds is 3. The lowest BCUT2D eigenvalue weighted by Crippen LogP contribution is -2.20. The molecule has 1 aliphatic rings. The van der Waals surface area contributed by atoms with Gasteiger partial charge >= 0.3 is 0 Å². The van der Waals surface area contributed by atoms with E-state index in [-0.39, 0.29) is 16.9 Å². The maximum atomic E-state index is 14.7. The van der Waals surface area contributed by atoms with Crippen LogP contribution in [0.1, 0.15) is 40.3 Å². The fourth-order valence-electron chi connectivity index (χ4n) is 3.44. The summed E-state index contributed by atoms with van der Waals surface area (Å²) in [5.41, 5.74) is 8.70. The molecule has 3 heterocycles. The zero-order chi connectivity index (χ0) is 19.8. The van der Waals surface area contributed by atoms with E-state index in [1.807, 2.05) is 13.8 Å². The highest BCUT2D eigenvalue weighted by atomic mass is 32.2. The minimum atomic E-state index is -0.666. The van der Waals surface area contributed by atoms with Gasteiger partial charge in [0.2, 0.25) is 0 Å². The third-order valence-electron chi connectivity index (χ3n) is 4.71. The van der Waals surface area contributed by atoms with Crippen molar-refractivity contribution in [3.63, 3.8) is 0 Å². The molecule has 4 rings (SSSR count). The average Bonchev–Trinajstić information content (AvgIpc) is 3.00. The van der Waals surface area contributed by atoms with Gasteiger partial charge in [-0.15, -0.1) is 0 Å². The molecule has 144 valence electrons. The van der Waals surface area contributed by atoms with Gasteiger partial charge in [0.25, 0.3) is 0 Å². The van der Waals surface area contributed by atoms with E-state index in [0.717, 1.165) is 17.3 Å². The smallest absolute Gasteiger partial charge is 0.155 e. The summed E-state index contributed by atoms with van der Waals surface area (Å²) >= 11 is 1.26. The van der Waals surface area contributed by atoms with Crippen LogP contribution >= 0.6 is 11.8 Å². The van der Waals surface area contributed by atoms with Crippen molar-refractivity contribution in [2.45, 2.75) is 31.6 Å². The molecule has 0 radical (unpaired) electrons. The summed E-state index contributed by atoms with van der Waals surface area (Å²) < 4.78 is 34.3. The summed E-state index contributed by atoms with van der Waals surface area (Å²) in [7, 11) is 0. The van der Waals surface area contributed by atoms with Crippen molar-refractivity contribution in [3.8, 4) is 11.1 Å². The van der Waals surface area contributed by atoms with Crippen LogP contribution in [0, 0.1) is 25.5 Å². The summed E-state index contributed by atoms with van der Waals surface area (Å²) in [5, 5.41) is 3.98. The van der Waals surface area contributed by atoms with Crippen molar-refractivity contribution in [2.24, 2.45) is 10.7 Å². The minimum Gasteiger partial charge on any atom is -0.379 e. The van der Waals surface area contributed by atoms with Gasteiger partial charge in [0, 0.05) is 46.0 Å². The summed E-state index contributed by atoms with van der Waals surface area (Å²) in [5.74, 6) is -0.630. The molecular weight excluding hydrogens is 384 g/mol. The molecule has 0 saturated heterocycles. The molecule has 0 amide bonds. The number of benzene rings is 1. The Morgan fingerprint density at radius 1 is 1.14 bits per heavy atom. The molecule has 2 unspecified atom stereocenters. The molecule has 0 saturated carbocycles. The van der Waals surface area contributed by atoms with Crippen LogP contribution in [0.25, 0.3) is 11.1 Å². The number of hydrogen-bond acceptors (Lipinski definition) is 7. The zero-order valence-corrected chi connectivity index (χ0v) is 16.0. The first-order chi connectivity index (χ1) is 13.4. The molecule has 6 nitrogen and oxygen atoms in total. The van der Waals surface area contributed by atoms with Crippen LogP contribution in [0.2, 0.25) is 0 Å². The first-order valence-electron chi connectivity index (χ1n) is 8.61. The molecule has 28 heavy (non-hydrogen) atoms. The molecule has 1 aliphatic heterocycles. The zero-order valence-electron chi connectivity index (χ0n) is 15.2. The first kappa shape index (κ1) is 18.5. The standard InChI is InChI=1S/C19H17F2N5OS/c1-9-18(10(2)27-26-9)16-5-17(28-19(22)25-16)13-3-12(14(20)4-15(13)21)11-6-23-8-24-7-11/h3-4,6-8,16-17H,5H2,1-2H3,(H2,22,25). The van der Waals surface area contributed by atoms with Gasteiger partial charge in [0.05, 0.1) is 11.7 Å². The average molecular weight is 401 g/mol. The second kappa shape index (κ2) is 7.31. The van der Waals surface area contributed by atoms with E-state index < -0.39 is 11.6 Å². The number of nitrogens with two attached hydrogens (primary N) is 1. The van der Waals surface area contributed by atoms with Gasteiger partial charge < -0.3 is 10.3 Å². The summed E-state index contributed by atoms with van der Waals surface area (Å²) in [6.07, 6.45) is 4.82. The third-order valence-corrected chi connectivity index (χ3v) is 5.79. The van der Waals surface area contributed by atoms with Crippen molar-refractivity contribution < 1.29 is 13.3 Å². The first-order valence-corrected chi connectivity index (χ1v) is 9.49. The quantitative estimate of drug-likeness (QED) is 0.705. The van der Waals surface area contributed by atoms with Crippen LogP contribution in [-0.4, -0.2) is 20.3 Å². The highest BCUT2D eigenvalue weighted by molar-refractivity contribution is 8.14. The highest BCUT2D eigenvalue weighted by Crippen LogP contribution is 2.45. The van der Waals surface area contributed by atoms with Gasteiger partial charge in [-0.05, 0) is 26.3 Å². The lowest BCUT2D eigenvalue weighted by molar-refractivity contribution is 0.391. The van der Waals surface area contributed by atoms with Crippen LogP contribution in [0.3, 0.4) is 0 Å². The Morgan fingerprint density at radius 2 is 1.89 bits per heavy atom. The number of aryl methyl sites for hydroxylation is 2. The molecule has 0 bridgehead atoms. The number of thioether (sulfide) groups is 1. The Balaban J connectivity index is 1.74. The van der Waals surface area contributed by atoms with Crippen LogP contribution in [0.5, 0.6) is 0 Å². The van der Waals surface area contributed by atoms with E-state index in [4.69, 9.17) is 10.3 Å². The number of hydrogen-bond donors (Lipinski definition) is 1. The normalized spacial score (nSPS) is 19.5. The molecule has 0 aliphatic carbocycles. The fraction of sp³-hybridized carbons (Fsp3) is 0.263. The van der Waals surface area contributed by atoms with Crippen LogP contribution in [0.4, 0.5) is 8.78 Å². The van der Waals surface area contributed by atoms with E-state index in [1.165, 1.54) is 36.5 Å². The lowest BCUT2D eigenvalue weighted by atomic mass is 9.95. The molecule has 9 heteroatoms. The molecule has 1 aromatic carbocycles. The number of halogens is 2. The Labute approximate surface area is 164 Å². The maximum Gasteiger partial charge on any atom is 0.155 e. The van der Waals surface area contributed by atoms with Crippen molar-refractivity contribution in [2.75, 3.05) is 0 Å². The van der Waals surface area contributed by atoms with Gasteiger partial charge in [-0.2, -0.15) is 0 Å². The van der Waals surface area contributed by atoms with E-state index >= 15 is 0 Å². The molecular formula is C19H17F2N5OS. The predicted octanol–water partition coefficient (Wildman–Crippen LogP) is 4.26. The summed E-state index contributed by atoms with van der Waals surface area (Å²) in [6.45, 7) is 3.64. The molecule has 0 fully saturated rings. The Bertz CT molecular complexity index is 1030. The topological polar surface area (TPSA) is 90.2 Å². The van der Waals surface area contributed by atoms with Crippen LogP contribution in [-0.2, 0) is 0 Å². The predicted molar refractivity (Wildman–Crippen MR) is 103 cm³/mol. The molecule has 0 spiro atoms. The van der Waals surface area contributed by atoms with E-state index in [9.17, 15) is 8.78 Å². The molecule has 2 aromatic heterocycles. The van der Waals surface area contributed by atoms with E-state index in [2.05, 4.69) is 20.1 Å². The number of aromatic nitrogens is 3. The Kier molecular flexibility index (Phi) is 4.84. The Hall–Kier alpha value is -2.81. The third kappa shape index (κ3) is 3.37. The second-order valence-electron chi connectivity index (χ2n) is 6.54. The molecule has 2 atom stereocenters. The maximum absolute atomic E-state index is 14.7. The molecule has 2 N–H and O–H groups in total. The minimum absolute atomic E-state index is 0.243. The van der Waals surface area contributed by atoms with Gasteiger partial charge in [0.15, 0.2) is 5.17 Å². The fourth-order valence-corrected chi connectivity index (χ4v) is 4.51. The van der Waals surface area contributed by atoms with Crippen LogP contribution < -0.4 is 5.73 Å². The largest absolute Gasteiger partial charge is 0.379 e. The SMILES string of the molecule is Cc1noc(C)c1C1CC(c2cc(-c3cncnc3)c(F)cc2F)SC(N)=N1. The highest BCUT2D eigenvalue weighted by Gasteiger charge is 2.31. The van der Waals surface area contributed by atoms with Crippen LogP contribution in [0.15, 0.2) is 40.4 Å². The lowest BCUT2D eigenvalue weighted by Gasteiger charge is -2.27. The van der Waals surface area contributed by atoms with Crippen molar-refractivity contribution in [1.29, 1.82) is 0 Å². The van der Waals surface area contributed by atoms with Gasteiger partial charge in [-0.25, -0.2) is 18.7 Å². The number of nitrogens with zero attached hydrogens (tertiary/aromatic N) is 4. The molecule has 3 aromatic rings. The van der Waals surface area contributed by atoms with Gasteiger partial charge in [-0.1, -0.05) is 16.9 Å². The van der Waals surface area contributed by atoms with Gasteiger partial charge in [-0.3, -0.25) is 4.99 Å². The van der Waals surface area contributed by atoms with Gasteiger partial charge in [0.1, 0.15) is 23.7 Å². The second-order valence-corrected chi connectivity index (χ2v) is 7.77. The monoisotopic (exact) mass is 401 g/mol. The van der Waals surface area contributed by atoms with E-state index in [0.29, 0.717) is 28.5 Å². The van der Waals surface area contributed by atoms with E-state index in [1.54, 1.807) is 0 Å². The van der Waals surface area contributed by atoms with Crippen molar-refractivity contribution in [3.05, 3.63) is 65.1 Å². The summed E-state index contributed by atoms with van der Waals surface area (Å²) in [4.78, 5) is 12.3.